The molecule has 2 rings (SSSR count). The van der Waals surface area contributed by atoms with Crippen molar-refractivity contribution in [1.29, 1.82) is 0 Å². The van der Waals surface area contributed by atoms with Crippen molar-refractivity contribution in [1.82, 2.24) is 4.90 Å². The Morgan fingerprint density at radius 1 is 0.960 bits per heavy atom. The minimum atomic E-state index is -1.09. The van der Waals surface area contributed by atoms with Crippen molar-refractivity contribution in [2.75, 3.05) is 13.1 Å². The van der Waals surface area contributed by atoms with Crippen molar-refractivity contribution < 1.29 is 19.5 Å². The number of carbonyl (C=O) groups excluding carboxylic acids is 2. The first kappa shape index (κ1) is 18.4. The van der Waals surface area contributed by atoms with Crippen LogP contribution in [0.5, 0.6) is 0 Å². The SMILES string of the molecule is CCN(CC(=O)O)C(=O)c1ccccc1C(=O)c1ccc(C)c(C)c1. The Balaban J connectivity index is 2.43. The molecule has 2 aromatic carbocycles. The van der Waals surface area contributed by atoms with Crippen LogP contribution in [-0.4, -0.2) is 40.8 Å². The van der Waals surface area contributed by atoms with E-state index >= 15 is 0 Å². The van der Waals surface area contributed by atoms with Crippen molar-refractivity contribution in [2.24, 2.45) is 0 Å². The molecule has 0 heterocycles. The van der Waals surface area contributed by atoms with Gasteiger partial charge in [-0.25, -0.2) is 0 Å². The van der Waals surface area contributed by atoms with Gasteiger partial charge in [-0.2, -0.15) is 0 Å². The molecule has 0 atom stereocenters. The normalized spacial score (nSPS) is 10.4. The monoisotopic (exact) mass is 339 g/mol. The molecule has 0 radical (unpaired) electrons. The van der Waals surface area contributed by atoms with Gasteiger partial charge in [-0.3, -0.25) is 14.4 Å². The van der Waals surface area contributed by atoms with Gasteiger partial charge in [0, 0.05) is 17.7 Å². The third-order valence-electron chi connectivity index (χ3n) is 4.17. The summed E-state index contributed by atoms with van der Waals surface area (Å²) in [5.41, 5.74) is 3.08. The molecule has 25 heavy (non-hydrogen) atoms. The Morgan fingerprint density at radius 2 is 1.60 bits per heavy atom. The average molecular weight is 339 g/mol. The molecule has 130 valence electrons. The first-order valence-corrected chi connectivity index (χ1v) is 8.07. The van der Waals surface area contributed by atoms with Crippen LogP contribution < -0.4 is 0 Å². The molecule has 0 aliphatic heterocycles. The second kappa shape index (κ2) is 7.75. The van der Waals surface area contributed by atoms with Gasteiger partial charge in [0.05, 0.1) is 5.56 Å². The summed E-state index contributed by atoms with van der Waals surface area (Å²) >= 11 is 0. The molecule has 5 nitrogen and oxygen atoms in total. The summed E-state index contributed by atoms with van der Waals surface area (Å²) in [7, 11) is 0. The quantitative estimate of drug-likeness (QED) is 0.821. The number of carboxylic acid groups (broad SMARTS) is 1. The van der Waals surface area contributed by atoms with E-state index in [0.717, 1.165) is 11.1 Å². The number of nitrogens with zero attached hydrogens (tertiary/aromatic N) is 1. The Labute approximate surface area is 146 Å². The van der Waals surface area contributed by atoms with Crippen molar-refractivity contribution in [3.63, 3.8) is 0 Å². The van der Waals surface area contributed by atoms with Crippen LogP contribution in [0.2, 0.25) is 0 Å². The topological polar surface area (TPSA) is 74.7 Å². The van der Waals surface area contributed by atoms with Crippen molar-refractivity contribution >= 4 is 17.7 Å². The number of carboxylic acids is 1. The molecule has 0 aliphatic carbocycles. The fourth-order valence-corrected chi connectivity index (χ4v) is 2.57. The number of aliphatic carboxylic acids is 1. The molecule has 1 N–H and O–H groups in total. The number of aryl methyl sites for hydroxylation is 2. The number of ketones is 1. The summed E-state index contributed by atoms with van der Waals surface area (Å²) in [5.74, 6) is -1.80. The van der Waals surface area contributed by atoms with Crippen molar-refractivity contribution in [3.8, 4) is 0 Å². The summed E-state index contributed by atoms with van der Waals surface area (Å²) in [6.07, 6.45) is 0. The van der Waals surface area contributed by atoms with Crippen LogP contribution in [-0.2, 0) is 4.79 Å². The summed E-state index contributed by atoms with van der Waals surface area (Å²) < 4.78 is 0. The number of carbonyl (C=O) groups is 3. The van der Waals surface area contributed by atoms with Crippen LogP contribution >= 0.6 is 0 Å². The molecule has 1 amide bonds. The van der Waals surface area contributed by atoms with Crippen LogP contribution in [0.25, 0.3) is 0 Å². The largest absolute Gasteiger partial charge is 0.480 e. The highest BCUT2D eigenvalue weighted by molar-refractivity contribution is 6.15. The van der Waals surface area contributed by atoms with Gasteiger partial charge in [0.25, 0.3) is 5.91 Å². The van der Waals surface area contributed by atoms with E-state index in [2.05, 4.69) is 0 Å². The second-order valence-corrected chi connectivity index (χ2v) is 5.89. The maximum atomic E-state index is 12.9. The Kier molecular flexibility index (Phi) is 5.70. The zero-order valence-corrected chi connectivity index (χ0v) is 14.6. The standard InChI is InChI=1S/C20H21NO4/c1-4-21(12-18(22)23)20(25)17-8-6-5-7-16(17)19(24)15-10-9-13(2)14(3)11-15/h5-11H,4,12H2,1-3H3,(H,22,23). The average Bonchev–Trinajstić information content (AvgIpc) is 2.60. The van der Waals surface area contributed by atoms with E-state index in [0.29, 0.717) is 5.56 Å². The molecule has 2 aromatic rings. The van der Waals surface area contributed by atoms with E-state index in [1.807, 2.05) is 19.9 Å². The first-order valence-electron chi connectivity index (χ1n) is 8.07. The predicted octanol–water partition coefficient (Wildman–Crippen LogP) is 3.08. The van der Waals surface area contributed by atoms with Crippen molar-refractivity contribution in [2.45, 2.75) is 20.8 Å². The second-order valence-electron chi connectivity index (χ2n) is 5.89. The third-order valence-corrected chi connectivity index (χ3v) is 4.17. The van der Waals surface area contributed by atoms with Crippen LogP contribution in [0, 0.1) is 13.8 Å². The summed E-state index contributed by atoms with van der Waals surface area (Å²) in [4.78, 5) is 37.7. The van der Waals surface area contributed by atoms with Gasteiger partial charge in [0.15, 0.2) is 5.78 Å². The highest BCUT2D eigenvalue weighted by Gasteiger charge is 2.23. The maximum Gasteiger partial charge on any atom is 0.323 e. The lowest BCUT2D eigenvalue weighted by Gasteiger charge is -2.20. The number of likely N-dealkylation sites (N-methyl/N-ethyl adjacent to an activating group) is 1. The Morgan fingerprint density at radius 3 is 2.16 bits per heavy atom. The van der Waals surface area contributed by atoms with Gasteiger partial charge in [-0.05, 0) is 44.0 Å². The van der Waals surface area contributed by atoms with Gasteiger partial charge in [-0.1, -0.05) is 30.3 Å². The molecule has 0 aromatic heterocycles. The molecular weight excluding hydrogens is 318 g/mol. The molecule has 0 fully saturated rings. The summed E-state index contributed by atoms with van der Waals surface area (Å²) in [6, 6.07) is 11.9. The number of hydrogen-bond acceptors (Lipinski definition) is 3. The molecular formula is C20H21NO4. The van der Waals surface area contributed by atoms with Crippen LogP contribution in [0.15, 0.2) is 42.5 Å². The third kappa shape index (κ3) is 4.12. The number of rotatable bonds is 6. The first-order chi connectivity index (χ1) is 11.8. The van der Waals surface area contributed by atoms with E-state index in [1.54, 1.807) is 43.3 Å². The van der Waals surface area contributed by atoms with Gasteiger partial charge in [-0.15, -0.1) is 0 Å². The Hall–Kier alpha value is -2.95. The molecule has 0 bridgehead atoms. The van der Waals surface area contributed by atoms with E-state index in [-0.39, 0.29) is 23.5 Å². The lowest BCUT2D eigenvalue weighted by molar-refractivity contribution is -0.137. The van der Waals surface area contributed by atoms with Gasteiger partial charge >= 0.3 is 5.97 Å². The zero-order valence-electron chi connectivity index (χ0n) is 14.6. The number of benzene rings is 2. The molecule has 0 spiro atoms. The fourth-order valence-electron chi connectivity index (χ4n) is 2.57. The van der Waals surface area contributed by atoms with Crippen LogP contribution in [0.4, 0.5) is 0 Å². The Bertz CT molecular complexity index is 826. The minimum Gasteiger partial charge on any atom is -0.480 e. The smallest absolute Gasteiger partial charge is 0.323 e. The zero-order chi connectivity index (χ0) is 18.6. The van der Waals surface area contributed by atoms with E-state index in [1.165, 1.54) is 4.90 Å². The number of amides is 1. The van der Waals surface area contributed by atoms with Crippen LogP contribution in [0.1, 0.15) is 44.3 Å². The summed E-state index contributed by atoms with van der Waals surface area (Å²) in [5, 5.41) is 8.96. The minimum absolute atomic E-state index is 0.217. The van der Waals surface area contributed by atoms with E-state index in [4.69, 9.17) is 5.11 Å². The molecule has 0 saturated heterocycles. The highest BCUT2D eigenvalue weighted by Crippen LogP contribution is 2.19. The molecule has 0 saturated carbocycles. The van der Waals surface area contributed by atoms with Gasteiger partial charge in [0.1, 0.15) is 6.54 Å². The fraction of sp³-hybridized carbons (Fsp3) is 0.250. The summed E-state index contributed by atoms with van der Waals surface area (Å²) in [6.45, 7) is 5.44. The molecule has 0 aliphatic rings. The van der Waals surface area contributed by atoms with Crippen LogP contribution in [0.3, 0.4) is 0 Å². The number of hydrogen-bond donors (Lipinski definition) is 1. The van der Waals surface area contributed by atoms with Gasteiger partial charge in [0.2, 0.25) is 0 Å². The lowest BCUT2D eigenvalue weighted by Crippen LogP contribution is -2.36. The lowest BCUT2D eigenvalue weighted by atomic mass is 9.95. The predicted molar refractivity (Wildman–Crippen MR) is 95.0 cm³/mol. The molecule has 5 heteroatoms. The van der Waals surface area contributed by atoms with E-state index in [9.17, 15) is 14.4 Å². The molecule has 0 unspecified atom stereocenters. The highest BCUT2D eigenvalue weighted by atomic mass is 16.4. The maximum absolute atomic E-state index is 12.9. The van der Waals surface area contributed by atoms with E-state index < -0.39 is 18.4 Å². The van der Waals surface area contributed by atoms with Crippen molar-refractivity contribution in [3.05, 3.63) is 70.3 Å². The van der Waals surface area contributed by atoms with Gasteiger partial charge < -0.3 is 10.0 Å².